The molecule has 4 nitrogen and oxygen atoms in total. The second kappa shape index (κ2) is 10.1. The smallest absolute Gasteiger partial charge is 0.118 e. The normalized spacial score (nSPS) is 13.1. The van der Waals surface area contributed by atoms with Gasteiger partial charge < -0.3 is 14.6 Å². The topological polar surface area (TPSA) is 41.9 Å². The van der Waals surface area contributed by atoms with Crippen LogP contribution in [0.3, 0.4) is 0 Å². The summed E-state index contributed by atoms with van der Waals surface area (Å²) in [5.41, 5.74) is 3.27. The SMILES string of the molecule is COc1ccc(CN(Cc2ccc(OC)cc2)[C@@H](C)[C@H](O)c2ccccc2)cc1. The molecule has 0 aliphatic rings. The van der Waals surface area contributed by atoms with Crippen LogP contribution in [0, 0.1) is 0 Å². The van der Waals surface area contributed by atoms with E-state index in [0.717, 1.165) is 30.2 Å². The van der Waals surface area contributed by atoms with E-state index in [1.807, 2.05) is 54.6 Å². The third kappa shape index (κ3) is 5.59. The summed E-state index contributed by atoms with van der Waals surface area (Å²) in [5.74, 6) is 1.68. The summed E-state index contributed by atoms with van der Waals surface area (Å²) in [7, 11) is 3.34. The summed E-state index contributed by atoms with van der Waals surface area (Å²) in [4.78, 5) is 2.29. The van der Waals surface area contributed by atoms with Crippen LogP contribution in [0.15, 0.2) is 78.9 Å². The highest BCUT2D eigenvalue weighted by atomic mass is 16.5. The lowest BCUT2D eigenvalue weighted by molar-refractivity contribution is 0.0484. The fourth-order valence-corrected chi connectivity index (χ4v) is 3.40. The van der Waals surface area contributed by atoms with Crippen LogP contribution in [0.25, 0.3) is 0 Å². The summed E-state index contributed by atoms with van der Waals surface area (Å²) < 4.78 is 10.5. The van der Waals surface area contributed by atoms with Gasteiger partial charge in [0.25, 0.3) is 0 Å². The van der Waals surface area contributed by atoms with Crippen molar-refractivity contribution in [2.75, 3.05) is 14.2 Å². The van der Waals surface area contributed by atoms with Crippen LogP contribution in [-0.2, 0) is 13.1 Å². The van der Waals surface area contributed by atoms with Crippen molar-refractivity contribution in [2.24, 2.45) is 0 Å². The van der Waals surface area contributed by atoms with Crippen molar-refractivity contribution in [3.05, 3.63) is 95.6 Å². The summed E-state index contributed by atoms with van der Waals surface area (Å²) in [6.07, 6.45) is -0.576. The molecule has 0 saturated heterocycles. The van der Waals surface area contributed by atoms with Crippen molar-refractivity contribution < 1.29 is 14.6 Å². The summed E-state index contributed by atoms with van der Waals surface area (Å²) >= 11 is 0. The third-order valence-corrected chi connectivity index (χ3v) is 5.26. The van der Waals surface area contributed by atoms with E-state index >= 15 is 0 Å². The Bertz CT molecular complexity index is 813. The lowest BCUT2D eigenvalue weighted by atomic mass is 10.0. The van der Waals surface area contributed by atoms with Gasteiger partial charge in [-0.3, -0.25) is 4.90 Å². The molecule has 1 N–H and O–H groups in total. The van der Waals surface area contributed by atoms with Gasteiger partial charge in [0, 0.05) is 19.1 Å². The summed E-state index contributed by atoms with van der Waals surface area (Å²) in [6, 6.07) is 25.9. The Morgan fingerprint density at radius 1 is 0.724 bits per heavy atom. The van der Waals surface area contributed by atoms with Gasteiger partial charge in [0.2, 0.25) is 0 Å². The van der Waals surface area contributed by atoms with Crippen molar-refractivity contribution in [1.29, 1.82) is 0 Å². The van der Waals surface area contributed by atoms with Gasteiger partial charge in [0.1, 0.15) is 11.5 Å². The first-order valence-electron chi connectivity index (χ1n) is 9.83. The van der Waals surface area contributed by atoms with Gasteiger partial charge in [0.05, 0.1) is 20.3 Å². The number of rotatable bonds is 9. The highest BCUT2D eigenvalue weighted by molar-refractivity contribution is 5.29. The van der Waals surface area contributed by atoms with Crippen molar-refractivity contribution in [3.8, 4) is 11.5 Å². The van der Waals surface area contributed by atoms with Crippen LogP contribution < -0.4 is 9.47 Å². The van der Waals surface area contributed by atoms with Gasteiger partial charge in [-0.25, -0.2) is 0 Å². The number of benzene rings is 3. The van der Waals surface area contributed by atoms with Crippen LogP contribution in [0.4, 0.5) is 0 Å². The molecule has 0 heterocycles. The zero-order valence-corrected chi connectivity index (χ0v) is 17.3. The van der Waals surface area contributed by atoms with Crippen LogP contribution in [0.2, 0.25) is 0 Å². The first-order chi connectivity index (χ1) is 14.1. The maximum Gasteiger partial charge on any atom is 0.118 e. The average molecular weight is 392 g/mol. The lowest BCUT2D eigenvalue weighted by Crippen LogP contribution is -2.36. The van der Waals surface area contributed by atoms with Gasteiger partial charge in [-0.2, -0.15) is 0 Å². The fraction of sp³-hybridized carbons (Fsp3) is 0.280. The quantitative estimate of drug-likeness (QED) is 0.567. The zero-order valence-electron chi connectivity index (χ0n) is 17.3. The molecular weight excluding hydrogens is 362 g/mol. The van der Waals surface area contributed by atoms with E-state index in [4.69, 9.17) is 9.47 Å². The first-order valence-corrected chi connectivity index (χ1v) is 9.83. The number of nitrogens with zero attached hydrogens (tertiary/aromatic N) is 1. The minimum absolute atomic E-state index is 0.0680. The molecule has 0 fully saturated rings. The molecule has 0 saturated carbocycles. The molecule has 3 aromatic rings. The highest BCUT2D eigenvalue weighted by Crippen LogP contribution is 2.25. The van der Waals surface area contributed by atoms with Gasteiger partial charge in [-0.15, -0.1) is 0 Å². The predicted molar refractivity (Wildman–Crippen MR) is 116 cm³/mol. The molecule has 0 aromatic heterocycles. The van der Waals surface area contributed by atoms with Gasteiger partial charge in [0.15, 0.2) is 0 Å². The van der Waals surface area contributed by atoms with E-state index in [1.165, 1.54) is 11.1 Å². The second-order valence-corrected chi connectivity index (χ2v) is 7.20. The zero-order chi connectivity index (χ0) is 20.6. The Balaban J connectivity index is 1.82. The number of aliphatic hydroxyl groups is 1. The van der Waals surface area contributed by atoms with Gasteiger partial charge in [-0.05, 0) is 47.9 Å². The molecule has 152 valence electrons. The first kappa shape index (κ1) is 20.9. The molecule has 0 amide bonds. The minimum atomic E-state index is -0.576. The van der Waals surface area contributed by atoms with Crippen LogP contribution >= 0.6 is 0 Å². The van der Waals surface area contributed by atoms with E-state index in [0.29, 0.717) is 0 Å². The molecule has 3 aromatic carbocycles. The van der Waals surface area contributed by atoms with Gasteiger partial charge >= 0.3 is 0 Å². The standard InChI is InChI=1S/C25H29NO3/c1-19(25(27)22-7-5-4-6-8-22)26(17-20-9-13-23(28-2)14-10-20)18-21-11-15-24(29-3)16-12-21/h4-16,19,25,27H,17-18H2,1-3H3/t19-,25-/m0/s1. The van der Waals surface area contributed by atoms with Gasteiger partial charge in [-0.1, -0.05) is 54.6 Å². The molecule has 0 radical (unpaired) electrons. The maximum absolute atomic E-state index is 11.0. The molecule has 2 atom stereocenters. The molecule has 0 bridgehead atoms. The number of methoxy groups -OCH3 is 2. The molecular formula is C25H29NO3. The average Bonchev–Trinajstić information content (AvgIpc) is 2.79. The monoisotopic (exact) mass is 391 g/mol. The molecule has 4 heteroatoms. The van der Waals surface area contributed by atoms with Crippen molar-refractivity contribution in [1.82, 2.24) is 4.90 Å². The van der Waals surface area contributed by atoms with E-state index in [9.17, 15) is 5.11 Å². The predicted octanol–water partition coefficient (Wildman–Crippen LogP) is 4.83. The molecule has 3 rings (SSSR count). The number of aliphatic hydroxyl groups excluding tert-OH is 1. The molecule has 29 heavy (non-hydrogen) atoms. The Morgan fingerprint density at radius 2 is 1.17 bits per heavy atom. The van der Waals surface area contributed by atoms with E-state index in [1.54, 1.807) is 14.2 Å². The van der Waals surface area contributed by atoms with Crippen LogP contribution in [-0.4, -0.2) is 30.3 Å². The molecule has 0 unspecified atom stereocenters. The maximum atomic E-state index is 11.0. The third-order valence-electron chi connectivity index (χ3n) is 5.26. The van der Waals surface area contributed by atoms with E-state index < -0.39 is 6.10 Å². The number of hydrogen-bond acceptors (Lipinski definition) is 4. The van der Waals surface area contributed by atoms with E-state index in [2.05, 4.69) is 36.1 Å². The number of hydrogen-bond donors (Lipinski definition) is 1. The largest absolute Gasteiger partial charge is 0.497 e. The summed E-state index contributed by atoms with van der Waals surface area (Å²) in [5, 5.41) is 11.0. The van der Waals surface area contributed by atoms with Crippen molar-refractivity contribution >= 4 is 0 Å². The Hall–Kier alpha value is -2.82. The minimum Gasteiger partial charge on any atom is -0.497 e. The highest BCUT2D eigenvalue weighted by Gasteiger charge is 2.23. The lowest BCUT2D eigenvalue weighted by Gasteiger charge is -2.33. The summed E-state index contributed by atoms with van der Waals surface area (Å²) in [6.45, 7) is 3.52. The second-order valence-electron chi connectivity index (χ2n) is 7.20. The fourth-order valence-electron chi connectivity index (χ4n) is 3.40. The van der Waals surface area contributed by atoms with Crippen LogP contribution in [0.1, 0.15) is 29.7 Å². The molecule has 0 aliphatic carbocycles. The molecule has 0 aliphatic heterocycles. The molecule has 0 spiro atoms. The Kier molecular flexibility index (Phi) is 7.28. The Morgan fingerprint density at radius 3 is 1.59 bits per heavy atom. The Labute approximate surface area is 173 Å². The number of ether oxygens (including phenoxy) is 2. The van der Waals surface area contributed by atoms with Crippen molar-refractivity contribution in [2.45, 2.75) is 32.2 Å². The van der Waals surface area contributed by atoms with E-state index in [-0.39, 0.29) is 6.04 Å². The van der Waals surface area contributed by atoms with Crippen LogP contribution in [0.5, 0.6) is 11.5 Å². The van der Waals surface area contributed by atoms with Crippen molar-refractivity contribution in [3.63, 3.8) is 0 Å².